The highest BCUT2D eigenvalue weighted by Crippen LogP contribution is 2.32. The lowest BCUT2D eigenvalue weighted by atomic mass is 10.1. The van der Waals surface area contributed by atoms with E-state index in [4.69, 9.17) is 19.9 Å². The van der Waals surface area contributed by atoms with Crippen LogP contribution in [0.15, 0.2) is 47.5 Å². The SMILES string of the molecule is COc1ccc(CCCN=C(N)Nc2ccc3c(c2)OCCCO3)cc1. The van der Waals surface area contributed by atoms with Gasteiger partial charge in [-0.3, -0.25) is 4.99 Å². The summed E-state index contributed by atoms with van der Waals surface area (Å²) in [7, 11) is 1.67. The predicted octanol–water partition coefficient (Wildman–Crippen LogP) is 3.22. The van der Waals surface area contributed by atoms with Gasteiger partial charge in [-0.15, -0.1) is 0 Å². The van der Waals surface area contributed by atoms with Crippen molar-refractivity contribution < 1.29 is 14.2 Å². The van der Waals surface area contributed by atoms with Gasteiger partial charge in [0.25, 0.3) is 0 Å². The number of ether oxygens (including phenoxy) is 3. The van der Waals surface area contributed by atoms with Crippen molar-refractivity contribution in [1.29, 1.82) is 0 Å². The third-order valence-corrected chi connectivity index (χ3v) is 4.08. The first kappa shape index (κ1) is 17.9. The summed E-state index contributed by atoms with van der Waals surface area (Å²) in [5.41, 5.74) is 8.08. The van der Waals surface area contributed by atoms with E-state index in [-0.39, 0.29) is 0 Å². The number of fused-ring (bicyclic) bond motifs is 1. The van der Waals surface area contributed by atoms with E-state index in [1.165, 1.54) is 5.56 Å². The van der Waals surface area contributed by atoms with Crippen LogP contribution in [0.25, 0.3) is 0 Å². The van der Waals surface area contributed by atoms with Crippen LogP contribution >= 0.6 is 0 Å². The summed E-state index contributed by atoms with van der Waals surface area (Å²) in [5.74, 6) is 2.77. The fraction of sp³-hybridized carbons (Fsp3) is 0.350. The molecule has 1 aliphatic heterocycles. The Kier molecular flexibility index (Phi) is 6.19. The lowest BCUT2D eigenvalue weighted by Gasteiger charge is -2.10. The fourth-order valence-corrected chi connectivity index (χ4v) is 2.70. The first-order valence-corrected chi connectivity index (χ1v) is 8.84. The standard InChI is InChI=1S/C20H25N3O3/c1-24-17-8-5-15(6-9-17)4-2-11-22-20(21)23-16-7-10-18-19(14-16)26-13-3-12-25-18/h5-10,14H,2-4,11-13H2,1H3,(H3,21,22,23). The molecule has 0 amide bonds. The molecule has 1 heterocycles. The molecule has 6 heteroatoms. The highest BCUT2D eigenvalue weighted by Gasteiger charge is 2.10. The summed E-state index contributed by atoms with van der Waals surface area (Å²) in [4.78, 5) is 4.39. The van der Waals surface area contributed by atoms with E-state index in [2.05, 4.69) is 22.4 Å². The zero-order chi connectivity index (χ0) is 18.2. The van der Waals surface area contributed by atoms with Crippen LogP contribution in [0.2, 0.25) is 0 Å². The molecule has 0 saturated heterocycles. The zero-order valence-electron chi connectivity index (χ0n) is 15.0. The van der Waals surface area contributed by atoms with Gasteiger partial charge in [0.2, 0.25) is 0 Å². The number of benzene rings is 2. The number of nitrogens with zero attached hydrogens (tertiary/aromatic N) is 1. The van der Waals surface area contributed by atoms with Crippen molar-refractivity contribution in [2.75, 3.05) is 32.2 Å². The molecule has 0 radical (unpaired) electrons. The Morgan fingerprint density at radius 3 is 2.65 bits per heavy atom. The summed E-state index contributed by atoms with van der Waals surface area (Å²) >= 11 is 0. The number of aryl methyl sites for hydroxylation is 1. The molecular weight excluding hydrogens is 330 g/mol. The van der Waals surface area contributed by atoms with E-state index in [0.29, 0.717) is 25.7 Å². The molecule has 0 unspecified atom stereocenters. The topological polar surface area (TPSA) is 78.1 Å². The number of hydrogen-bond donors (Lipinski definition) is 2. The van der Waals surface area contributed by atoms with Gasteiger partial charge in [0, 0.05) is 24.7 Å². The largest absolute Gasteiger partial charge is 0.497 e. The molecule has 0 atom stereocenters. The molecule has 2 aromatic carbocycles. The van der Waals surface area contributed by atoms with Crippen LogP contribution in [-0.4, -0.2) is 32.8 Å². The third kappa shape index (κ3) is 5.05. The average molecular weight is 355 g/mol. The van der Waals surface area contributed by atoms with Crippen molar-refractivity contribution >= 4 is 11.6 Å². The minimum atomic E-state index is 0.397. The maximum atomic E-state index is 5.98. The van der Waals surface area contributed by atoms with Crippen molar-refractivity contribution in [3.8, 4) is 17.2 Å². The van der Waals surface area contributed by atoms with Crippen LogP contribution in [0, 0.1) is 0 Å². The van der Waals surface area contributed by atoms with Gasteiger partial charge in [-0.25, -0.2) is 0 Å². The lowest BCUT2D eigenvalue weighted by Crippen LogP contribution is -2.22. The molecule has 0 saturated carbocycles. The molecule has 6 nitrogen and oxygen atoms in total. The molecule has 3 N–H and O–H groups in total. The Bertz CT molecular complexity index is 744. The second kappa shape index (κ2) is 8.99. The zero-order valence-corrected chi connectivity index (χ0v) is 15.0. The summed E-state index contributed by atoms with van der Waals surface area (Å²) in [5, 5.41) is 3.10. The van der Waals surface area contributed by atoms with Gasteiger partial charge in [-0.2, -0.15) is 0 Å². The highest BCUT2D eigenvalue weighted by atomic mass is 16.5. The Morgan fingerprint density at radius 1 is 1.12 bits per heavy atom. The van der Waals surface area contributed by atoms with E-state index >= 15 is 0 Å². The molecular formula is C20H25N3O3. The van der Waals surface area contributed by atoms with E-state index in [9.17, 15) is 0 Å². The predicted molar refractivity (Wildman–Crippen MR) is 103 cm³/mol. The number of guanidine groups is 1. The third-order valence-electron chi connectivity index (χ3n) is 4.08. The minimum absolute atomic E-state index is 0.397. The molecule has 138 valence electrons. The van der Waals surface area contributed by atoms with Gasteiger partial charge in [-0.1, -0.05) is 12.1 Å². The number of nitrogens with two attached hydrogens (primary N) is 1. The average Bonchev–Trinajstić information content (AvgIpc) is 2.91. The first-order chi connectivity index (χ1) is 12.7. The van der Waals surface area contributed by atoms with Gasteiger partial charge in [-0.05, 0) is 42.7 Å². The van der Waals surface area contributed by atoms with Gasteiger partial charge in [0.15, 0.2) is 17.5 Å². The van der Waals surface area contributed by atoms with Crippen molar-refractivity contribution in [3.63, 3.8) is 0 Å². The van der Waals surface area contributed by atoms with Gasteiger partial charge in [0.05, 0.1) is 20.3 Å². The van der Waals surface area contributed by atoms with Crippen LogP contribution in [0.1, 0.15) is 18.4 Å². The molecule has 0 bridgehead atoms. The Labute approximate surface area is 154 Å². The van der Waals surface area contributed by atoms with Crippen molar-refractivity contribution in [2.24, 2.45) is 10.7 Å². The van der Waals surface area contributed by atoms with Crippen LogP contribution in [-0.2, 0) is 6.42 Å². The molecule has 2 aromatic rings. The van der Waals surface area contributed by atoms with Crippen molar-refractivity contribution in [3.05, 3.63) is 48.0 Å². The molecule has 0 spiro atoms. The Balaban J connectivity index is 1.48. The van der Waals surface area contributed by atoms with Crippen LogP contribution < -0.4 is 25.3 Å². The van der Waals surface area contributed by atoms with Gasteiger partial charge >= 0.3 is 0 Å². The molecule has 0 aliphatic carbocycles. The molecule has 0 aromatic heterocycles. The molecule has 3 rings (SSSR count). The summed E-state index contributed by atoms with van der Waals surface area (Å²) in [6, 6.07) is 13.8. The number of rotatable bonds is 6. The molecule has 26 heavy (non-hydrogen) atoms. The minimum Gasteiger partial charge on any atom is -0.497 e. The van der Waals surface area contributed by atoms with E-state index in [1.54, 1.807) is 7.11 Å². The maximum Gasteiger partial charge on any atom is 0.193 e. The smallest absolute Gasteiger partial charge is 0.193 e. The van der Waals surface area contributed by atoms with Crippen LogP contribution in [0.3, 0.4) is 0 Å². The summed E-state index contributed by atoms with van der Waals surface area (Å²) in [6.07, 6.45) is 2.76. The number of nitrogens with one attached hydrogen (secondary N) is 1. The number of anilines is 1. The summed E-state index contributed by atoms with van der Waals surface area (Å²) < 4.78 is 16.5. The van der Waals surface area contributed by atoms with E-state index in [1.807, 2.05) is 30.3 Å². The Morgan fingerprint density at radius 2 is 1.88 bits per heavy atom. The number of methoxy groups -OCH3 is 1. The van der Waals surface area contributed by atoms with E-state index in [0.717, 1.165) is 42.2 Å². The second-order valence-corrected chi connectivity index (χ2v) is 6.06. The van der Waals surface area contributed by atoms with Gasteiger partial charge in [0.1, 0.15) is 5.75 Å². The first-order valence-electron chi connectivity index (χ1n) is 8.84. The second-order valence-electron chi connectivity index (χ2n) is 6.06. The fourth-order valence-electron chi connectivity index (χ4n) is 2.70. The molecule has 0 fully saturated rings. The molecule has 1 aliphatic rings. The van der Waals surface area contributed by atoms with Crippen LogP contribution in [0.4, 0.5) is 5.69 Å². The highest BCUT2D eigenvalue weighted by molar-refractivity contribution is 5.92. The Hall–Kier alpha value is -2.89. The number of hydrogen-bond acceptors (Lipinski definition) is 4. The normalized spacial score (nSPS) is 13.8. The maximum absolute atomic E-state index is 5.98. The summed E-state index contributed by atoms with van der Waals surface area (Å²) in [6.45, 7) is 2.00. The van der Waals surface area contributed by atoms with Crippen LogP contribution in [0.5, 0.6) is 17.2 Å². The van der Waals surface area contributed by atoms with Crippen molar-refractivity contribution in [2.45, 2.75) is 19.3 Å². The van der Waals surface area contributed by atoms with E-state index < -0.39 is 0 Å². The number of aliphatic imine (C=N–C) groups is 1. The van der Waals surface area contributed by atoms with Gasteiger partial charge < -0.3 is 25.3 Å². The monoisotopic (exact) mass is 355 g/mol. The van der Waals surface area contributed by atoms with Crippen molar-refractivity contribution in [1.82, 2.24) is 0 Å². The lowest BCUT2D eigenvalue weighted by molar-refractivity contribution is 0.297. The quantitative estimate of drug-likeness (QED) is 0.473.